The van der Waals surface area contributed by atoms with Gasteiger partial charge >= 0.3 is 0 Å². The van der Waals surface area contributed by atoms with Crippen LogP contribution in [0.4, 0.5) is 5.82 Å². The molecular weight excluding hydrogens is 176 g/mol. The molecule has 1 aromatic heterocycles. The molecule has 0 aliphatic heterocycles. The van der Waals surface area contributed by atoms with Crippen molar-refractivity contribution < 1.29 is 4.74 Å². The second kappa shape index (κ2) is 4.42. The van der Waals surface area contributed by atoms with Gasteiger partial charge in [0.05, 0.1) is 12.7 Å². The summed E-state index contributed by atoms with van der Waals surface area (Å²) in [5, 5.41) is 3.02. The van der Waals surface area contributed by atoms with E-state index < -0.39 is 0 Å². The van der Waals surface area contributed by atoms with E-state index in [4.69, 9.17) is 4.74 Å². The molecule has 14 heavy (non-hydrogen) atoms. The Labute approximate surface area is 84.5 Å². The minimum atomic E-state index is 0.501. The number of hydrogen-bond acceptors (Lipinski definition) is 3. The number of rotatable bonds is 4. The maximum Gasteiger partial charge on any atom is 0.125 e. The molecule has 76 valence electrons. The summed E-state index contributed by atoms with van der Waals surface area (Å²) in [6.45, 7) is 0.710. The van der Waals surface area contributed by atoms with Gasteiger partial charge in [0.25, 0.3) is 0 Å². The van der Waals surface area contributed by atoms with Gasteiger partial charge in [-0.05, 0) is 37.0 Å². The Hall–Kier alpha value is -1.09. The predicted molar refractivity (Wildman–Crippen MR) is 56.2 cm³/mol. The van der Waals surface area contributed by atoms with E-state index in [0.717, 1.165) is 5.82 Å². The first-order chi connectivity index (χ1) is 6.88. The van der Waals surface area contributed by atoms with Crippen LogP contribution in [-0.4, -0.2) is 18.1 Å². The predicted octanol–water partition coefficient (Wildman–Crippen LogP) is 2.19. The molecule has 3 heteroatoms. The molecule has 3 nitrogen and oxygen atoms in total. The van der Waals surface area contributed by atoms with Crippen LogP contribution < -0.4 is 5.32 Å². The van der Waals surface area contributed by atoms with Crippen molar-refractivity contribution in [1.82, 2.24) is 4.98 Å². The molecule has 1 saturated carbocycles. The second-order valence-electron chi connectivity index (χ2n) is 3.66. The van der Waals surface area contributed by atoms with Gasteiger partial charge in [-0.3, -0.25) is 0 Å². The molecule has 0 aromatic carbocycles. The molecular formula is C11H16N2O. The molecule has 1 aromatic rings. The van der Waals surface area contributed by atoms with Crippen LogP contribution in [0.1, 0.15) is 24.8 Å². The van der Waals surface area contributed by atoms with E-state index in [2.05, 4.69) is 10.3 Å². The molecule has 2 rings (SSSR count). The Balaban J connectivity index is 1.87. The molecule has 1 fully saturated rings. The van der Waals surface area contributed by atoms with Crippen LogP contribution in [0.25, 0.3) is 0 Å². The Morgan fingerprint density at radius 3 is 3.07 bits per heavy atom. The summed E-state index contributed by atoms with van der Waals surface area (Å²) in [7, 11) is 1.87. The largest absolute Gasteiger partial charge is 0.374 e. The molecule has 1 N–H and O–H groups in total. The third kappa shape index (κ3) is 2.23. The first-order valence-electron chi connectivity index (χ1n) is 5.13. The van der Waals surface area contributed by atoms with Gasteiger partial charge in [0.15, 0.2) is 0 Å². The van der Waals surface area contributed by atoms with Gasteiger partial charge in [0.2, 0.25) is 0 Å². The highest BCUT2D eigenvalue weighted by molar-refractivity contribution is 5.36. The third-order valence-electron chi connectivity index (χ3n) is 2.62. The number of hydrogen-bond donors (Lipinski definition) is 1. The van der Waals surface area contributed by atoms with Crippen molar-refractivity contribution in [1.29, 1.82) is 0 Å². The fourth-order valence-electron chi connectivity index (χ4n) is 1.45. The van der Waals surface area contributed by atoms with Crippen LogP contribution >= 0.6 is 0 Å². The molecule has 1 aliphatic carbocycles. The first-order valence-corrected chi connectivity index (χ1v) is 5.13. The van der Waals surface area contributed by atoms with E-state index in [1.54, 1.807) is 0 Å². The molecule has 0 atom stereocenters. The molecule has 0 radical (unpaired) electrons. The highest BCUT2D eigenvalue weighted by Gasteiger charge is 2.17. The van der Waals surface area contributed by atoms with Gasteiger partial charge in [-0.1, -0.05) is 0 Å². The zero-order valence-electron chi connectivity index (χ0n) is 8.49. The van der Waals surface area contributed by atoms with Gasteiger partial charge in [-0.2, -0.15) is 0 Å². The lowest BCUT2D eigenvalue weighted by atomic mass is 9.96. The SMILES string of the molecule is CNc1cc(COC2CCC2)ccn1. The Morgan fingerprint density at radius 2 is 2.43 bits per heavy atom. The zero-order chi connectivity index (χ0) is 9.80. The van der Waals surface area contributed by atoms with Crippen molar-refractivity contribution in [3.8, 4) is 0 Å². The van der Waals surface area contributed by atoms with Crippen molar-refractivity contribution in [2.45, 2.75) is 32.0 Å². The minimum Gasteiger partial charge on any atom is -0.374 e. The molecule has 0 bridgehead atoms. The van der Waals surface area contributed by atoms with Crippen LogP contribution in [0.5, 0.6) is 0 Å². The Bertz CT molecular complexity index is 297. The van der Waals surface area contributed by atoms with Crippen molar-refractivity contribution in [3.63, 3.8) is 0 Å². The summed E-state index contributed by atoms with van der Waals surface area (Å²) in [6.07, 6.45) is 6.09. The van der Waals surface area contributed by atoms with E-state index in [1.807, 2.05) is 25.4 Å². The fraction of sp³-hybridized carbons (Fsp3) is 0.545. The van der Waals surface area contributed by atoms with Gasteiger partial charge in [0, 0.05) is 13.2 Å². The molecule has 0 amide bonds. The summed E-state index contributed by atoms with van der Waals surface area (Å²) in [4.78, 5) is 4.15. The van der Waals surface area contributed by atoms with Gasteiger partial charge in [-0.25, -0.2) is 4.98 Å². The average molecular weight is 192 g/mol. The van der Waals surface area contributed by atoms with Crippen molar-refractivity contribution in [2.75, 3.05) is 12.4 Å². The van der Waals surface area contributed by atoms with Crippen molar-refractivity contribution >= 4 is 5.82 Å². The van der Waals surface area contributed by atoms with Crippen molar-refractivity contribution in [2.24, 2.45) is 0 Å². The maximum atomic E-state index is 5.71. The fourth-order valence-corrected chi connectivity index (χ4v) is 1.45. The van der Waals surface area contributed by atoms with Gasteiger partial charge in [-0.15, -0.1) is 0 Å². The van der Waals surface area contributed by atoms with E-state index in [0.29, 0.717) is 12.7 Å². The van der Waals surface area contributed by atoms with Gasteiger partial charge in [0.1, 0.15) is 5.82 Å². The molecule has 0 unspecified atom stereocenters. The minimum absolute atomic E-state index is 0.501. The monoisotopic (exact) mass is 192 g/mol. The van der Waals surface area contributed by atoms with Crippen molar-refractivity contribution in [3.05, 3.63) is 23.9 Å². The summed E-state index contributed by atoms with van der Waals surface area (Å²) < 4.78 is 5.71. The summed E-state index contributed by atoms with van der Waals surface area (Å²) in [6, 6.07) is 4.03. The summed E-state index contributed by atoms with van der Waals surface area (Å²) in [5.74, 6) is 0.903. The number of pyridine rings is 1. The number of nitrogens with one attached hydrogen (secondary N) is 1. The molecule has 1 heterocycles. The van der Waals surface area contributed by atoms with Gasteiger partial charge < -0.3 is 10.1 Å². The topological polar surface area (TPSA) is 34.1 Å². The zero-order valence-corrected chi connectivity index (χ0v) is 8.49. The standard InChI is InChI=1S/C11H16N2O/c1-12-11-7-9(5-6-13-11)8-14-10-3-2-4-10/h5-7,10H,2-4,8H2,1H3,(H,12,13). The van der Waals surface area contributed by atoms with Crippen LogP contribution in [0.15, 0.2) is 18.3 Å². The van der Waals surface area contributed by atoms with Crippen LogP contribution in [-0.2, 0) is 11.3 Å². The quantitative estimate of drug-likeness (QED) is 0.794. The number of aromatic nitrogens is 1. The van der Waals surface area contributed by atoms with E-state index in [1.165, 1.54) is 24.8 Å². The normalized spacial score (nSPS) is 16.4. The molecule has 1 aliphatic rings. The lowest BCUT2D eigenvalue weighted by Crippen LogP contribution is -2.21. The van der Waals surface area contributed by atoms with Crippen LogP contribution in [0.2, 0.25) is 0 Å². The average Bonchev–Trinajstić information content (AvgIpc) is 2.16. The molecule has 0 saturated heterocycles. The summed E-state index contributed by atoms with van der Waals surface area (Å²) >= 11 is 0. The Kier molecular flexibility index (Phi) is 2.99. The lowest BCUT2D eigenvalue weighted by Gasteiger charge is -2.25. The van der Waals surface area contributed by atoms with E-state index >= 15 is 0 Å². The second-order valence-corrected chi connectivity index (χ2v) is 3.66. The highest BCUT2D eigenvalue weighted by Crippen LogP contribution is 2.23. The highest BCUT2D eigenvalue weighted by atomic mass is 16.5. The maximum absolute atomic E-state index is 5.71. The number of nitrogens with zero attached hydrogens (tertiary/aromatic N) is 1. The van der Waals surface area contributed by atoms with E-state index in [9.17, 15) is 0 Å². The van der Waals surface area contributed by atoms with Crippen LogP contribution in [0, 0.1) is 0 Å². The Morgan fingerprint density at radius 1 is 1.57 bits per heavy atom. The number of ether oxygens (including phenoxy) is 1. The lowest BCUT2D eigenvalue weighted by molar-refractivity contribution is -0.00866. The molecule has 0 spiro atoms. The summed E-state index contributed by atoms with van der Waals surface area (Å²) in [5.41, 5.74) is 1.19. The van der Waals surface area contributed by atoms with E-state index in [-0.39, 0.29) is 0 Å². The smallest absolute Gasteiger partial charge is 0.125 e. The number of anilines is 1. The first kappa shape index (κ1) is 9.46. The third-order valence-corrected chi connectivity index (χ3v) is 2.62. The van der Waals surface area contributed by atoms with Crippen LogP contribution in [0.3, 0.4) is 0 Å².